The van der Waals surface area contributed by atoms with Crippen molar-refractivity contribution in [1.29, 1.82) is 0 Å². The number of nitrogens with zero attached hydrogens (tertiary/aromatic N) is 3. The van der Waals surface area contributed by atoms with Gasteiger partial charge in [-0.05, 0) is 18.4 Å². The Labute approximate surface area is 175 Å². The molecular weight excluding hydrogens is 386 g/mol. The monoisotopic (exact) mass is 415 g/mol. The first-order valence-corrected chi connectivity index (χ1v) is 10.9. The summed E-state index contributed by atoms with van der Waals surface area (Å²) in [6, 6.07) is 1.43. The summed E-state index contributed by atoms with van der Waals surface area (Å²) in [5, 5.41) is 11.7. The van der Waals surface area contributed by atoms with Gasteiger partial charge in [-0.3, -0.25) is 4.79 Å². The molecule has 2 aliphatic heterocycles. The Morgan fingerprint density at radius 2 is 2.03 bits per heavy atom. The highest BCUT2D eigenvalue weighted by atomic mass is 16.6. The Balaban J connectivity index is 1.21. The van der Waals surface area contributed by atoms with Crippen LogP contribution >= 0.6 is 0 Å². The van der Waals surface area contributed by atoms with E-state index in [1.54, 1.807) is 6.07 Å². The fourth-order valence-electron chi connectivity index (χ4n) is 5.02. The summed E-state index contributed by atoms with van der Waals surface area (Å²) in [5.74, 6) is 0.676. The minimum atomic E-state index is -0.294. The van der Waals surface area contributed by atoms with E-state index in [4.69, 9.17) is 19.6 Å². The second-order valence-corrected chi connectivity index (χ2v) is 8.62. The van der Waals surface area contributed by atoms with Crippen molar-refractivity contribution in [3.8, 4) is 0 Å². The second kappa shape index (κ2) is 8.49. The van der Waals surface area contributed by atoms with Crippen LogP contribution in [0.3, 0.4) is 0 Å². The first-order chi connectivity index (χ1) is 14.7. The summed E-state index contributed by atoms with van der Waals surface area (Å²) < 4.78 is 19.2. The van der Waals surface area contributed by atoms with Crippen molar-refractivity contribution in [2.24, 2.45) is 11.7 Å². The number of rotatable bonds is 6. The van der Waals surface area contributed by atoms with Crippen LogP contribution in [-0.2, 0) is 22.4 Å². The van der Waals surface area contributed by atoms with Gasteiger partial charge < -0.3 is 24.9 Å². The molecule has 162 valence electrons. The van der Waals surface area contributed by atoms with Crippen LogP contribution in [-0.4, -0.2) is 52.4 Å². The van der Waals surface area contributed by atoms with E-state index in [-0.39, 0.29) is 42.5 Å². The quantitative estimate of drug-likeness (QED) is 0.736. The standard InChI is InChI=1S/C21H29N5O4/c22-9-14-6-7-28-18(14)21(27)23-16-11-29-20-17(12-30-19(16)20)26-10-15(24-25-26)8-13-4-2-1-3-5-13/h6-7,10,13,16-17,19-20H,1-5,8-9,11-12,22H2,(H,23,27). The highest BCUT2D eigenvalue weighted by molar-refractivity contribution is 5.93. The Morgan fingerprint density at radius 3 is 2.87 bits per heavy atom. The molecule has 3 fully saturated rings. The van der Waals surface area contributed by atoms with E-state index in [0.29, 0.717) is 18.8 Å². The van der Waals surface area contributed by atoms with Gasteiger partial charge in [0.15, 0.2) is 5.76 Å². The van der Waals surface area contributed by atoms with Crippen molar-refractivity contribution in [3.05, 3.63) is 35.5 Å². The number of nitrogens with two attached hydrogens (primary N) is 1. The Morgan fingerprint density at radius 1 is 1.20 bits per heavy atom. The SMILES string of the molecule is NCc1ccoc1C(=O)NC1COC2C1OCC2n1cc(CC2CCCCC2)nn1. The van der Waals surface area contributed by atoms with Gasteiger partial charge >= 0.3 is 0 Å². The average Bonchev–Trinajstić information content (AvgIpc) is 3.54. The fourth-order valence-corrected chi connectivity index (χ4v) is 5.02. The molecule has 9 heteroatoms. The number of ether oxygens (including phenoxy) is 2. The summed E-state index contributed by atoms with van der Waals surface area (Å²) in [4.78, 5) is 12.6. The summed E-state index contributed by atoms with van der Waals surface area (Å²) in [6.45, 7) is 1.13. The molecular formula is C21H29N5O4. The van der Waals surface area contributed by atoms with Crippen molar-refractivity contribution in [2.75, 3.05) is 13.2 Å². The molecule has 9 nitrogen and oxygen atoms in total. The molecule has 4 atom stereocenters. The number of furan rings is 1. The third-order valence-electron chi connectivity index (χ3n) is 6.64. The van der Waals surface area contributed by atoms with E-state index in [2.05, 4.69) is 15.6 Å². The van der Waals surface area contributed by atoms with Crippen LogP contribution in [0.4, 0.5) is 0 Å². The number of amides is 1. The van der Waals surface area contributed by atoms with Crippen LogP contribution in [0.5, 0.6) is 0 Å². The topological polar surface area (TPSA) is 117 Å². The lowest BCUT2D eigenvalue weighted by molar-refractivity contribution is 0.0612. The molecule has 1 aliphatic carbocycles. The molecule has 2 aromatic heterocycles. The zero-order valence-corrected chi connectivity index (χ0v) is 17.0. The first kappa shape index (κ1) is 19.7. The number of aromatic nitrogens is 3. The summed E-state index contributed by atoms with van der Waals surface area (Å²) >= 11 is 0. The van der Waals surface area contributed by atoms with Crippen molar-refractivity contribution < 1.29 is 18.7 Å². The van der Waals surface area contributed by atoms with Crippen LogP contribution in [0.1, 0.15) is 60.0 Å². The van der Waals surface area contributed by atoms with Gasteiger partial charge in [0, 0.05) is 18.3 Å². The molecule has 0 aromatic carbocycles. The summed E-state index contributed by atoms with van der Waals surface area (Å²) in [5.41, 5.74) is 7.39. The number of carbonyl (C=O) groups excluding carboxylic acids is 1. The van der Waals surface area contributed by atoms with E-state index in [9.17, 15) is 4.79 Å². The zero-order chi connectivity index (χ0) is 20.5. The molecule has 3 N–H and O–H groups in total. The fraction of sp³-hybridized carbons (Fsp3) is 0.667. The molecule has 30 heavy (non-hydrogen) atoms. The maximum absolute atomic E-state index is 12.6. The van der Waals surface area contributed by atoms with Crippen molar-refractivity contribution in [3.63, 3.8) is 0 Å². The van der Waals surface area contributed by atoms with Gasteiger partial charge in [-0.2, -0.15) is 0 Å². The van der Waals surface area contributed by atoms with E-state index in [1.807, 2.05) is 10.9 Å². The van der Waals surface area contributed by atoms with Gasteiger partial charge in [0.1, 0.15) is 18.2 Å². The molecule has 2 aromatic rings. The maximum Gasteiger partial charge on any atom is 0.287 e. The second-order valence-electron chi connectivity index (χ2n) is 8.62. The molecule has 4 heterocycles. The van der Waals surface area contributed by atoms with Gasteiger partial charge in [-0.25, -0.2) is 4.68 Å². The Hall–Kier alpha value is -2.23. The third-order valence-corrected chi connectivity index (χ3v) is 6.64. The van der Waals surface area contributed by atoms with Gasteiger partial charge in [0.2, 0.25) is 0 Å². The number of hydrogen-bond acceptors (Lipinski definition) is 7. The van der Waals surface area contributed by atoms with E-state index in [0.717, 1.165) is 18.0 Å². The smallest absolute Gasteiger partial charge is 0.287 e. The minimum absolute atomic E-state index is 0.0345. The molecule has 5 rings (SSSR count). The highest BCUT2D eigenvalue weighted by Crippen LogP contribution is 2.34. The maximum atomic E-state index is 12.6. The lowest BCUT2D eigenvalue weighted by atomic mass is 9.86. The molecule has 0 spiro atoms. The van der Waals surface area contributed by atoms with Crippen LogP contribution in [0.2, 0.25) is 0 Å². The van der Waals surface area contributed by atoms with Crippen LogP contribution in [0, 0.1) is 5.92 Å². The predicted molar refractivity (Wildman–Crippen MR) is 107 cm³/mol. The van der Waals surface area contributed by atoms with Gasteiger partial charge in [0.05, 0.1) is 31.2 Å². The van der Waals surface area contributed by atoms with Gasteiger partial charge in [-0.1, -0.05) is 37.3 Å². The van der Waals surface area contributed by atoms with Crippen LogP contribution in [0.15, 0.2) is 22.9 Å². The zero-order valence-electron chi connectivity index (χ0n) is 17.0. The molecule has 0 bridgehead atoms. The van der Waals surface area contributed by atoms with Crippen molar-refractivity contribution >= 4 is 5.91 Å². The summed E-state index contributed by atoms with van der Waals surface area (Å²) in [7, 11) is 0. The molecule has 4 unspecified atom stereocenters. The van der Waals surface area contributed by atoms with Crippen molar-refractivity contribution in [2.45, 2.75) is 69.4 Å². The predicted octanol–water partition coefficient (Wildman–Crippen LogP) is 1.59. The number of nitrogens with one attached hydrogen (secondary N) is 1. The molecule has 0 radical (unpaired) electrons. The number of hydrogen-bond donors (Lipinski definition) is 2. The normalized spacial score (nSPS) is 29.2. The Bertz CT molecular complexity index is 874. The molecule has 2 saturated heterocycles. The van der Waals surface area contributed by atoms with Crippen LogP contribution in [0.25, 0.3) is 0 Å². The van der Waals surface area contributed by atoms with Crippen molar-refractivity contribution in [1.82, 2.24) is 20.3 Å². The first-order valence-electron chi connectivity index (χ1n) is 10.9. The lowest BCUT2D eigenvalue weighted by Crippen LogP contribution is -2.44. The highest BCUT2D eigenvalue weighted by Gasteiger charge is 2.49. The third kappa shape index (κ3) is 3.77. The molecule has 1 amide bonds. The Kier molecular flexibility index (Phi) is 5.58. The largest absolute Gasteiger partial charge is 0.459 e. The number of carbonyl (C=O) groups is 1. The molecule has 1 saturated carbocycles. The summed E-state index contributed by atoms with van der Waals surface area (Å²) in [6.07, 6.45) is 10.7. The average molecular weight is 415 g/mol. The molecule has 3 aliphatic rings. The van der Waals surface area contributed by atoms with Gasteiger partial charge in [0.25, 0.3) is 5.91 Å². The minimum Gasteiger partial charge on any atom is -0.459 e. The van der Waals surface area contributed by atoms with E-state index >= 15 is 0 Å². The van der Waals surface area contributed by atoms with Crippen LogP contribution < -0.4 is 11.1 Å². The van der Waals surface area contributed by atoms with E-state index in [1.165, 1.54) is 38.4 Å². The number of fused-ring (bicyclic) bond motifs is 1. The lowest BCUT2D eigenvalue weighted by Gasteiger charge is -2.20. The van der Waals surface area contributed by atoms with Gasteiger partial charge in [-0.15, -0.1) is 5.10 Å². The van der Waals surface area contributed by atoms with E-state index < -0.39 is 0 Å².